The minimum Gasteiger partial charge on any atom is -0.340 e. The van der Waals surface area contributed by atoms with Crippen molar-refractivity contribution < 1.29 is 9.32 Å². The Morgan fingerprint density at radius 2 is 1.82 bits per heavy atom. The Morgan fingerprint density at radius 1 is 1.04 bits per heavy atom. The second-order valence-electron chi connectivity index (χ2n) is 7.77. The number of hydrogen-bond donors (Lipinski definition) is 0. The van der Waals surface area contributed by atoms with Crippen LogP contribution in [0.1, 0.15) is 25.1 Å². The van der Waals surface area contributed by atoms with Crippen LogP contribution in [0.5, 0.6) is 0 Å². The molecule has 0 atom stereocenters. The van der Waals surface area contributed by atoms with Crippen LogP contribution in [0.25, 0.3) is 22.2 Å². The van der Waals surface area contributed by atoms with Gasteiger partial charge in [0.1, 0.15) is 0 Å². The van der Waals surface area contributed by atoms with Crippen LogP contribution in [0.2, 0.25) is 0 Å². The molecule has 2 fully saturated rings. The Labute approximate surface area is 164 Å². The third-order valence-corrected chi connectivity index (χ3v) is 5.99. The number of carbonyl (C=O) groups excluding carboxylic acids is 1. The number of nitrogens with zero attached hydrogens (tertiary/aromatic N) is 4. The van der Waals surface area contributed by atoms with E-state index in [1.165, 1.54) is 6.42 Å². The van der Waals surface area contributed by atoms with Crippen molar-refractivity contribution in [2.24, 2.45) is 5.92 Å². The molecule has 2 aliphatic rings. The number of benzene rings is 2. The molecule has 6 heteroatoms. The molecule has 2 aromatic carbocycles. The number of piperazine rings is 1. The van der Waals surface area contributed by atoms with Crippen molar-refractivity contribution in [2.45, 2.75) is 25.8 Å². The Bertz CT molecular complexity index is 982. The number of amides is 1. The maximum atomic E-state index is 12.4. The molecule has 1 aliphatic heterocycles. The topological polar surface area (TPSA) is 62.5 Å². The second-order valence-corrected chi connectivity index (χ2v) is 7.77. The molecule has 3 aromatic rings. The first-order valence-corrected chi connectivity index (χ1v) is 10.1. The maximum absolute atomic E-state index is 12.4. The third-order valence-electron chi connectivity index (χ3n) is 5.99. The molecule has 1 aromatic heterocycles. The molecule has 0 spiro atoms. The van der Waals surface area contributed by atoms with Gasteiger partial charge >= 0.3 is 0 Å². The van der Waals surface area contributed by atoms with Crippen LogP contribution in [0.3, 0.4) is 0 Å². The largest absolute Gasteiger partial charge is 0.340 e. The Morgan fingerprint density at radius 3 is 2.61 bits per heavy atom. The van der Waals surface area contributed by atoms with E-state index in [0.29, 0.717) is 24.2 Å². The molecule has 2 heterocycles. The molecule has 1 saturated carbocycles. The lowest BCUT2D eigenvalue weighted by atomic mass is 9.84. The predicted octanol–water partition coefficient (Wildman–Crippen LogP) is 3.33. The van der Waals surface area contributed by atoms with Crippen LogP contribution in [-0.4, -0.2) is 52.0 Å². The van der Waals surface area contributed by atoms with Crippen molar-refractivity contribution in [3.05, 3.63) is 48.3 Å². The summed E-state index contributed by atoms with van der Waals surface area (Å²) in [4.78, 5) is 21.3. The highest BCUT2D eigenvalue weighted by atomic mass is 16.5. The van der Waals surface area contributed by atoms with E-state index in [1.807, 2.05) is 29.2 Å². The molecule has 0 bridgehead atoms. The van der Waals surface area contributed by atoms with E-state index < -0.39 is 0 Å². The fourth-order valence-corrected chi connectivity index (χ4v) is 4.08. The lowest BCUT2D eigenvalue weighted by molar-refractivity contribution is -0.140. The maximum Gasteiger partial charge on any atom is 0.258 e. The molecule has 28 heavy (non-hydrogen) atoms. The molecule has 5 rings (SSSR count). The molecular formula is C22H24N4O2. The van der Waals surface area contributed by atoms with Crippen LogP contribution in [0.4, 0.5) is 0 Å². The van der Waals surface area contributed by atoms with Crippen molar-refractivity contribution in [3.8, 4) is 11.5 Å². The molecule has 6 nitrogen and oxygen atoms in total. The van der Waals surface area contributed by atoms with Gasteiger partial charge in [-0.2, -0.15) is 4.98 Å². The first kappa shape index (κ1) is 17.4. The quantitative estimate of drug-likeness (QED) is 0.699. The van der Waals surface area contributed by atoms with Crippen molar-refractivity contribution >= 4 is 16.7 Å². The van der Waals surface area contributed by atoms with Gasteiger partial charge in [-0.3, -0.25) is 9.69 Å². The van der Waals surface area contributed by atoms with Crippen LogP contribution in [-0.2, 0) is 11.3 Å². The minimum absolute atomic E-state index is 0.284. The Hall–Kier alpha value is -2.73. The second kappa shape index (κ2) is 7.36. The van der Waals surface area contributed by atoms with E-state index in [4.69, 9.17) is 4.52 Å². The van der Waals surface area contributed by atoms with Crippen LogP contribution >= 0.6 is 0 Å². The lowest BCUT2D eigenvalue weighted by Crippen LogP contribution is -2.50. The van der Waals surface area contributed by atoms with Gasteiger partial charge in [0.05, 0.1) is 6.54 Å². The van der Waals surface area contributed by atoms with Crippen molar-refractivity contribution in [1.82, 2.24) is 19.9 Å². The van der Waals surface area contributed by atoms with Crippen LogP contribution < -0.4 is 0 Å². The third kappa shape index (κ3) is 3.29. The highest BCUT2D eigenvalue weighted by Crippen LogP contribution is 2.29. The number of fused-ring (bicyclic) bond motifs is 1. The SMILES string of the molecule is O=C(C1CCC1)N1CCN(Cc2noc(-c3cccc4ccccc34)n2)CC1. The Balaban J connectivity index is 1.24. The predicted molar refractivity (Wildman–Crippen MR) is 106 cm³/mol. The van der Waals surface area contributed by atoms with Gasteiger partial charge in [0, 0.05) is 37.7 Å². The van der Waals surface area contributed by atoms with Crippen molar-refractivity contribution in [2.75, 3.05) is 26.2 Å². The van der Waals surface area contributed by atoms with Gasteiger partial charge < -0.3 is 9.42 Å². The summed E-state index contributed by atoms with van der Waals surface area (Å²) in [6.07, 6.45) is 3.34. The average molecular weight is 376 g/mol. The van der Waals surface area contributed by atoms with E-state index in [-0.39, 0.29) is 5.92 Å². The molecular weight excluding hydrogens is 352 g/mol. The number of rotatable bonds is 4. The number of hydrogen-bond acceptors (Lipinski definition) is 5. The van der Waals surface area contributed by atoms with Gasteiger partial charge in [-0.1, -0.05) is 48.0 Å². The van der Waals surface area contributed by atoms with Crippen molar-refractivity contribution in [1.29, 1.82) is 0 Å². The Kier molecular flexibility index (Phi) is 4.56. The molecule has 144 valence electrons. The van der Waals surface area contributed by atoms with Crippen molar-refractivity contribution in [3.63, 3.8) is 0 Å². The van der Waals surface area contributed by atoms with Gasteiger partial charge in [-0.15, -0.1) is 0 Å². The first-order valence-electron chi connectivity index (χ1n) is 10.1. The summed E-state index contributed by atoms with van der Waals surface area (Å²) in [5.41, 5.74) is 0.966. The van der Waals surface area contributed by atoms with Gasteiger partial charge in [0.25, 0.3) is 5.89 Å². The first-order chi connectivity index (χ1) is 13.8. The zero-order chi connectivity index (χ0) is 18.9. The molecule has 0 N–H and O–H groups in total. The molecule has 1 amide bonds. The van der Waals surface area contributed by atoms with Crippen LogP contribution in [0.15, 0.2) is 47.0 Å². The van der Waals surface area contributed by atoms with Gasteiger partial charge in [0.2, 0.25) is 5.91 Å². The number of aromatic nitrogens is 2. The highest BCUT2D eigenvalue weighted by Gasteiger charge is 2.31. The molecule has 1 saturated heterocycles. The summed E-state index contributed by atoms with van der Waals surface area (Å²) in [7, 11) is 0. The summed E-state index contributed by atoms with van der Waals surface area (Å²) < 4.78 is 5.56. The molecule has 0 unspecified atom stereocenters. The average Bonchev–Trinajstić information content (AvgIpc) is 3.15. The monoisotopic (exact) mass is 376 g/mol. The highest BCUT2D eigenvalue weighted by molar-refractivity contribution is 5.94. The lowest BCUT2D eigenvalue weighted by Gasteiger charge is -2.37. The van der Waals surface area contributed by atoms with E-state index in [1.54, 1.807) is 0 Å². The van der Waals surface area contributed by atoms with E-state index >= 15 is 0 Å². The fraction of sp³-hybridized carbons (Fsp3) is 0.409. The van der Waals surface area contributed by atoms with Gasteiger partial charge in [-0.25, -0.2) is 0 Å². The fourth-order valence-electron chi connectivity index (χ4n) is 4.08. The van der Waals surface area contributed by atoms with Gasteiger partial charge in [-0.05, 0) is 29.7 Å². The van der Waals surface area contributed by atoms with E-state index in [2.05, 4.69) is 33.2 Å². The van der Waals surface area contributed by atoms with Gasteiger partial charge in [0.15, 0.2) is 5.82 Å². The molecule has 1 aliphatic carbocycles. The zero-order valence-electron chi connectivity index (χ0n) is 15.9. The number of carbonyl (C=O) groups is 1. The summed E-state index contributed by atoms with van der Waals surface area (Å²) >= 11 is 0. The smallest absolute Gasteiger partial charge is 0.258 e. The van der Waals surface area contributed by atoms with E-state index in [9.17, 15) is 4.79 Å². The summed E-state index contributed by atoms with van der Waals surface area (Å²) in [6.45, 7) is 3.96. The van der Waals surface area contributed by atoms with Crippen LogP contribution in [0, 0.1) is 5.92 Å². The zero-order valence-corrected chi connectivity index (χ0v) is 15.9. The summed E-state index contributed by atoms with van der Waals surface area (Å²) in [5.74, 6) is 1.89. The normalized spacial score (nSPS) is 18.4. The standard InChI is InChI=1S/C22H24N4O2/c27-22(17-7-3-8-17)26-13-11-25(12-14-26)15-20-23-21(28-24-20)19-10-4-6-16-5-1-2-9-18(16)19/h1-2,4-6,9-10,17H,3,7-8,11-15H2. The summed E-state index contributed by atoms with van der Waals surface area (Å²) in [6, 6.07) is 14.3. The van der Waals surface area contributed by atoms with E-state index in [0.717, 1.165) is 55.4 Å². The molecule has 0 radical (unpaired) electrons. The summed E-state index contributed by atoms with van der Waals surface area (Å²) in [5, 5.41) is 6.46. The minimum atomic E-state index is 0.284.